The minimum atomic E-state index is -3.25. The van der Waals surface area contributed by atoms with Gasteiger partial charge in [-0.05, 0) is 54.9 Å². The Hall–Kier alpha value is -2.56. The van der Waals surface area contributed by atoms with Gasteiger partial charge >= 0.3 is 0 Å². The van der Waals surface area contributed by atoms with E-state index in [4.69, 9.17) is 4.52 Å². The quantitative estimate of drug-likeness (QED) is 0.516. The van der Waals surface area contributed by atoms with Crippen molar-refractivity contribution in [3.8, 4) is 10.7 Å². The van der Waals surface area contributed by atoms with Crippen LogP contribution in [0.1, 0.15) is 43.7 Å². The number of thiophene rings is 1. The Balaban J connectivity index is 1.36. The minimum absolute atomic E-state index is 0.0172. The summed E-state index contributed by atoms with van der Waals surface area (Å²) >= 11 is 1.57. The largest absolute Gasteiger partial charge is 0.349 e. The molecule has 2 unspecified atom stereocenters. The number of hydrogen-bond acceptors (Lipinski definition) is 8. The number of nitrogens with zero attached hydrogens (tertiary/aromatic N) is 3. The Morgan fingerprint density at radius 3 is 2.76 bits per heavy atom. The fraction of sp³-hybridized carbons (Fsp3) is 0.435. The number of benzene rings is 1. The molecule has 10 heteroatoms. The van der Waals surface area contributed by atoms with E-state index in [9.17, 15) is 13.2 Å². The van der Waals surface area contributed by atoms with Crippen LogP contribution in [-0.2, 0) is 21.2 Å². The summed E-state index contributed by atoms with van der Waals surface area (Å²) in [5, 5.41) is 9.19. The second kappa shape index (κ2) is 10.1. The molecule has 8 nitrogen and oxygen atoms in total. The van der Waals surface area contributed by atoms with Gasteiger partial charge in [-0.2, -0.15) is 4.98 Å². The lowest BCUT2D eigenvalue weighted by molar-refractivity contribution is -0.127. The van der Waals surface area contributed by atoms with E-state index in [1.807, 2.05) is 24.4 Å². The van der Waals surface area contributed by atoms with Gasteiger partial charge in [0.15, 0.2) is 9.84 Å². The highest BCUT2D eigenvalue weighted by Crippen LogP contribution is 2.24. The van der Waals surface area contributed by atoms with Gasteiger partial charge in [-0.25, -0.2) is 8.42 Å². The number of likely N-dealkylation sites (tertiary alicyclic amines) is 1. The summed E-state index contributed by atoms with van der Waals surface area (Å²) < 4.78 is 28.8. The smallest absolute Gasteiger partial charge is 0.241 e. The topological polar surface area (TPSA) is 105 Å². The van der Waals surface area contributed by atoms with Crippen molar-refractivity contribution in [2.24, 2.45) is 5.92 Å². The first kappa shape index (κ1) is 23.6. The second-order valence-corrected chi connectivity index (χ2v) is 11.3. The van der Waals surface area contributed by atoms with E-state index < -0.39 is 9.84 Å². The Morgan fingerprint density at radius 2 is 2.09 bits per heavy atom. The lowest BCUT2D eigenvalue weighted by atomic mass is 9.95. The predicted octanol–water partition coefficient (Wildman–Crippen LogP) is 3.68. The molecule has 0 spiro atoms. The van der Waals surface area contributed by atoms with Crippen LogP contribution in [-0.4, -0.2) is 48.7 Å². The fourth-order valence-electron chi connectivity index (χ4n) is 4.09. The van der Waals surface area contributed by atoms with E-state index >= 15 is 0 Å². The molecule has 1 saturated heterocycles. The Kier molecular flexibility index (Phi) is 7.26. The van der Waals surface area contributed by atoms with Crippen LogP contribution in [0.3, 0.4) is 0 Å². The molecule has 1 aromatic carbocycles. The zero-order chi connectivity index (χ0) is 23.4. The fourth-order valence-corrected chi connectivity index (χ4v) is 5.37. The van der Waals surface area contributed by atoms with Crippen molar-refractivity contribution in [3.05, 3.63) is 53.2 Å². The van der Waals surface area contributed by atoms with Crippen LogP contribution in [0.15, 0.2) is 51.2 Å². The van der Waals surface area contributed by atoms with Gasteiger partial charge in [0.2, 0.25) is 17.6 Å². The zero-order valence-electron chi connectivity index (χ0n) is 18.7. The number of amides is 1. The summed E-state index contributed by atoms with van der Waals surface area (Å²) in [4.78, 5) is 21.0. The third-order valence-corrected chi connectivity index (χ3v) is 7.87. The van der Waals surface area contributed by atoms with Crippen molar-refractivity contribution >= 4 is 27.1 Å². The molecule has 1 aliphatic rings. The molecule has 2 aromatic heterocycles. The van der Waals surface area contributed by atoms with Gasteiger partial charge in [-0.1, -0.05) is 30.3 Å². The number of carbonyl (C=O) groups is 1. The minimum Gasteiger partial charge on any atom is -0.349 e. The van der Waals surface area contributed by atoms with Gasteiger partial charge < -0.3 is 9.84 Å². The first-order valence-corrected chi connectivity index (χ1v) is 13.8. The van der Waals surface area contributed by atoms with Crippen molar-refractivity contribution < 1.29 is 17.7 Å². The molecule has 2 atom stereocenters. The molecule has 3 heterocycles. The highest BCUT2D eigenvalue weighted by Gasteiger charge is 2.28. The molecule has 33 heavy (non-hydrogen) atoms. The maximum absolute atomic E-state index is 13.0. The molecular weight excluding hydrogens is 460 g/mol. The van der Waals surface area contributed by atoms with Gasteiger partial charge in [-0.3, -0.25) is 9.69 Å². The molecule has 1 fully saturated rings. The number of hydrogen-bond donors (Lipinski definition) is 1. The third kappa shape index (κ3) is 5.87. The van der Waals surface area contributed by atoms with E-state index in [0.717, 1.165) is 29.8 Å². The highest BCUT2D eigenvalue weighted by molar-refractivity contribution is 7.90. The van der Waals surface area contributed by atoms with Crippen molar-refractivity contribution in [2.75, 3.05) is 19.3 Å². The summed E-state index contributed by atoms with van der Waals surface area (Å²) in [6.45, 7) is 4.03. The van der Waals surface area contributed by atoms with E-state index in [-0.39, 0.29) is 22.8 Å². The molecule has 1 amide bonds. The zero-order valence-corrected chi connectivity index (χ0v) is 20.4. The Bertz CT molecular complexity index is 1170. The maximum atomic E-state index is 13.0. The second-order valence-electron chi connectivity index (χ2n) is 8.37. The van der Waals surface area contributed by atoms with Gasteiger partial charge in [0.05, 0.1) is 28.3 Å². The maximum Gasteiger partial charge on any atom is 0.241 e. The van der Waals surface area contributed by atoms with Crippen molar-refractivity contribution in [1.29, 1.82) is 0 Å². The number of sulfone groups is 1. The van der Waals surface area contributed by atoms with Crippen molar-refractivity contribution in [1.82, 2.24) is 20.4 Å². The van der Waals surface area contributed by atoms with Crippen LogP contribution < -0.4 is 5.32 Å². The standard InChI is InChI=1S/C23H28N4O4S2/c1-3-19(16-8-10-18(11-9-16)33(2,29)30)24-23(28)17-6-4-12-27(14-17)15-21-25-22(26-31-21)20-7-5-13-32-20/h5,7-11,13,17,19H,3-4,6,12,14-15H2,1-2H3,(H,24,28). The number of rotatable bonds is 8. The van der Waals surface area contributed by atoms with E-state index in [0.29, 0.717) is 31.2 Å². The molecule has 3 aromatic rings. The number of piperidine rings is 1. The van der Waals surface area contributed by atoms with Gasteiger partial charge in [-0.15, -0.1) is 11.3 Å². The average Bonchev–Trinajstić information content (AvgIpc) is 3.49. The summed E-state index contributed by atoms with van der Waals surface area (Å²) in [6, 6.07) is 10.5. The van der Waals surface area contributed by atoms with Gasteiger partial charge in [0, 0.05) is 12.8 Å². The summed E-state index contributed by atoms with van der Waals surface area (Å²) in [5.74, 6) is 1.04. The summed E-state index contributed by atoms with van der Waals surface area (Å²) in [7, 11) is -3.25. The molecule has 176 valence electrons. The first-order valence-electron chi connectivity index (χ1n) is 11.0. The highest BCUT2D eigenvalue weighted by atomic mass is 32.2. The lowest BCUT2D eigenvalue weighted by Crippen LogP contribution is -2.43. The summed E-state index contributed by atoms with van der Waals surface area (Å²) in [6.07, 6.45) is 3.65. The predicted molar refractivity (Wildman–Crippen MR) is 126 cm³/mol. The van der Waals surface area contributed by atoms with Gasteiger partial charge in [0.1, 0.15) is 0 Å². The molecular formula is C23H28N4O4S2. The molecule has 0 aliphatic carbocycles. The normalized spacial score (nSPS) is 18.2. The molecule has 1 N–H and O–H groups in total. The van der Waals surface area contributed by atoms with Crippen molar-refractivity contribution in [3.63, 3.8) is 0 Å². The first-order chi connectivity index (χ1) is 15.8. The number of nitrogens with one attached hydrogen (secondary N) is 1. The summed E-state index contributed by atoms with van der Waals surface area (Å²) in [5.41, 5.74) is 0.901. The average molecular weight is 489 g/mol. The molecule has 0 radical (unpaired) electrons. The van der Waals surface area contributed by atoms with Crippen molar-refractivity contribution in [2.45, 2.75) is 43.7 Å². The number of carbonyl (C=O) groups excluding carboxylic acids is 1. The van der Waals surface area contributed by atoms with E-state index in [2.05, 4.69) is 20.4 Å². The van der Waals surface area contributed by atoms with Crippen LogP contribution in [0.2, 0.25) is 0 Å². The van der Waals surface area contributed by atoms with Crippen LogP contribution in [0, 0.1) is 5.92 Å². The molecule has 4 rings (SSSR count). The molecule has 0 saturated carbocycles. The van der Waals surface area contributed by atoms with Gasteiger partial charge in [0.25, 0.3) is 0 Å². The van der Waals surface area contributed by atoms with Crippen LogP contribution in [0.25, 0.3) is 10.7 Å². The van der Waals surface area contributed by atoms with E-state index in [1.165, 1.54) is 6.26 Å². The lowest BCUT2D eigenvalue weighted by Gasteiger charge is -2.32. The third-order valence-electron chi connectivity index (χ3n) is 5.88. The number of aromatic nitrogens is 2. The SMILES string of the molecule is CCC(NC(=O)C1CCCN(Cc2nc(-c3cccs3)no2)C1)c1ccc(S(C)(=O)=O)cc1. The van der Waals surface area contributed by atoms with Crippen LogP contribution in [0.5, 0.6) is 0 Å². The Labute approximate surface area is 197 Å². The Morgan fingerprint density at radius 1 is 1.30 bits per heavy atom. The van der Waals surface area contributed by atoms with Crippen LogP contribution >= 0.6 is 11.3 Å². The monoisotopic (exact) mass is 488 g/mol. The van der Waals surface area contributed by atoms with Crippen LogP contribution in [0.4, 0.5) is 0 Å². The van der Waals surface area contributed by atoms with E-state index in [1.54, 1.807) is 35.6 Å². The molecule has 0 bridgehead atoms. The molecule has 1 aliphatic heterocycles.